The van der Waals surface area contributed by atoms with E-state index < -0.39 is 0 Å². The molecule has 0 radical (unpaired) electrons. The van der Waals surface area contributed by atoms with E-state index in [1.807, 2.05) is 55.5 Å². The number of rotatable bonds is 3. The molecule has 1 N–H and O–H groups in total. The number of benzene rings is 3. The fourth-order valence-electron chi connectivity index (χ4n) is 3.02. The number of carbonyl (C=O) groups is 1. The van der Waals surface area contributed by atoms with Gasteiger partial charge in [0.1, 0.15) is 6.54 Å². The third kappa shape index (κ3) is 3.26. The summed E-state index contributed by atoms with van der Waals surface area (Å²) in [6.07, 6.45) is 0. The average molecular weight is 346 g/mol. The summed E-state index contributed by atoms with van der Waals surface area (Å²) in [5.41, 5.74) is 4.11. The van der Waals surface area contributed by atoms with Gasteiger partial charge in [0.15, 0.2) is 0 Å². The first-order chi connectivity index (χ1) is 12.2. The van der Waals surface area contributed by atoms with Crippen LogP contribution in [0.2, 0.25) is 0 Å². The molecule has 0 saturated carbocycles. The highest BCUT2D eigenvalue weighted by Gasteiger charge is 2.24. The van der Waals surface area contributed by atoms with Gasteiger partial charge in [-0.1, -0.05) is 48.2 Å². The predicted octanol–water partition coefficient (Wildman–Crippen LogP) is 5.24. The maximum absolute atomic E-state index is 12.7. The molecule has 0 atom stereocenters. The summed E-state index contributed by atoms with van der Waals surface area (Å²) in [5.74, 6) is -0.0258. The molecule has 0 spiro atoms. The van der Waals surface area contributed by atoms with Crippen molar-refractivity contribution in [2.75, 3.05) is 16.8 Å². The summed E-state index contributed by atoms with van der Waals surface area (Å²) in [7, 11) is 0. The number of nitrogens with zero attached hydrogens (tertiary/aromatic N) is 1. The maximum Gasteiger partial charge on any atom is 0.244 e. The Labute approximate surface area is 151 Å². The van der Waals surface area contributed by atoms with Gasteiger partial charge in [-0.25, -0.2) is 0 Å². The first-order valence-corrected chi connectivity index (χ1v) is 9.02. The molecular formula is C21H18N2OS. The van der Waals surface area contributed by atoms with Crippen LogP contribution in [0.25, 0.3) is 0 Å². The van der Waals surface area contributed by atoms with Gasteiger partial charge in [-0.3, -0.25) is 4.79 Å². The average Bonchev–Trinajstić information content (AvgIpc) is 2.61. The molecule has 4 heteroatoms. The molecule has 3 nitrogen and oxygen atoms in total. The number of nitrogens with one attached hydrogen (secondary N) is 1. The number of carbonyl (C=O) groups excluding carboxylic acids is 1. The largest absolute Gasteiger partial charge is 0.330 e. The van der Waals surface area contributed by atoms with Crippen molar-refractivity contribution in [2.45, 2.75) is 16.7 Å². The van der Waals surface area contributed by atoms with Gasteiger partial charge >= 0.3 is 0 Å². The Morgan fingerprint density at radius 1 is 0.920 bits per heavy atom. The topological polar surface area (TPSA) is 32.3 Å². The second kappa shape index (κ2) is 6.65. The molecule has 0 unspecified atom stereocenters. The van der Waals surface area contributed by atoms with Crippen molar-refractivity contribution < 1.29 is 4.79 Å². The normalized spacial score (nSPS) is 12.3. The lowest BCUT2D eigenvalue weighted by atomic mass is 10.2. The van der Waals surface area contributed by atoms with Crippen molar-refractivity contribution in [2.24, 2.45) is 0 Å². The Bertz CT molecular complexity index is 893. The van der Waals surface area contributed by atoms with Gasteiger partial charge in [0.25, 0.3) is 0 Å². The van der Waals surface area contributed by atoms with Gasteiger partial charge in [0.05, 0.1) is 11.4 Å². The molecule has 0 aliphatic carbocycles. The Hall–Kier alpha value is -2.72. The zero-order valence-corrected chi connectivity index (χ0v) is 14.7. The van der Waals surface area contributed by atoms with Gasteiger partial charge in [-0.2, -0.15) is 0 Å². The lowest BCUT2D eigenvalue weighted by Gasteiger charge is -2.32. The monoisotopic (exact) mass is 346 g/mol. The highest BCUT2D eigenvalue weighted by atomic mass is 32.2. The molecule has 25 heavy (non-hydrogen) atoms. The maximum atomic E-state index is 12.7. The highest BCUT2D eigenvalue weighted by molar-refractivity contribution is 7.99. The highest BCUT2D eigenvalue weighted by Crippen LogP contribution is 2.47. The molecule has 1 aliphatic rings. The molecule has 0 saturated heterocycles. The molecule has 3 aromatic rings. The summed E-state index contributed by atoms with van der Waals surface area (Å²) in [4.78, 5) is 17.1. The van der Waals surface area contributed by atoms with Crippen LogP contribution in [-0.2, 0) is 4.79 Å². The Balaban J connectivity index is 1.62. The van der Waals surface area contributed by atoms with Crippen LogP contribution in [0.4, 0.5) is 17.1 Å². The Morgan fingerprint density at radius 3 is 2.20 bits per heavy atom. The van der Waals surface area contributed by atoms with Crippen LogP contribution in [0, 0.1) is 6.92 Å². The number of fused-ring (bicyclic) bond motifs is 2. The predicted molar refractivity (Wildman–Crippen MR) is 104 cm³/mol. The minimum absolute atomic E-state index is 0.0258. The third-order valence-corrected chi connectivity index (χ3v) is 5.27. The lowest BCUT2D eigenvalue weighted by molar-refractivity contribution is -0.114. The number of amides is 1. The van der Waals surface area contributed by atoms with Gasteiger partial charge in [0.2, 0.25) is 5.91 Å². The van der Waals surface area contributed by atoms with E-state index in [4.69, 9.17) is 0 Å². The van der Waals surface area contributed by atoms with E-state index in [0.717, 1.165) is 22.6 Å². The second-order valence-corrected chi connectivity index (χ2v) is 7.13. The molecule has 1 heterocycles. The molecule has 0 bridgehead atoms. The van der Waals surface area contributed by atoms with Crippen molar-refractivity contribution in [3.05, 3.63) is 78.4 Å². The summed E-state index contributed by atoms with van der Waals surface area (Å²) in [6.45, 7) is 2.30. The minimum Gasteiger partial charge on any atom is -0.330 e. The van der Waals surface area contributed by atoms with E-state index in [9.17, 15) is 4.79 Å². The van der Waals surface area contributed by atoms with E-state index in [2.05, 4.69) is 34.5 Å². The van der Waals surface area contributed by atoms with Crippen LogP contribution in [0.5, 0.6) is 0 Å². The number of hydrogen-bond donors (Lipinski definition) is 1. The lowest BCUT2D eigenvalue weighted by Crippen LogP contribution is -2.31. The van der Waals surface area contributed by atoms with E-state index in [1.165, 1.54) is 9.79 Å². The summed E-state index contributed by atoms with van der Waals surface area (Å²) in [6, 6.07) is 24.3. The summed E-state index contributed by atoms with van der Waals surface area (Å²) < 4.78 is 0. The molecule has 1 aliphatic heterocycles. The molecule has 3 aromatic carbocycles. The standard InChI is InChI=1S/C21H18N2OS/c1-15-7-6-8-16(13-15)22-21(24)14-23-17-9-2-4-11-19(17)25-20-12-5-3-10-18(20)23/h2-13H,14H2,1H3,(H,22,24). The van der Waals surface area contributed by atoms with Crippen molar-refractivity contribution in [3.8, 4) is 0 Å². The van der Waals surface area contributed by atoms with Crippen LogP contribution >= 0.6 is 11.8 Å². The molecule has 1 amide bonds. The van der Waals surface area contributed by atoms with Crippen molar-refractivity contribution in [3.63, 3.8) is 0 Å². The van der Waals surface area contributed by atoms with Crippen LogP contribution < -0.4 is 10.2 Å². The number of aryl methyl sites for hydroxylation is 1. The Morgan fingerprint density at radius 2 is 1.56 bits per heavy atom. The van der Waals surface area contributed by atoms with Crippen LogP contribution in [0.15, 0.2) is 82.6 Å². The van der Waals surface area contributed by atoms with Crippen LogP contribution in [0.3, 0.4) is 0 Å². The zero-order chi connectivity index (χ0) is 17.2. The van der Waals surface area contributed by atoms with E-state index in [-0.39, 0.29) is 12.5 Å². The summed E-state index contributed by atoms with van der Waals surface area (Å²) in [5, 5.41) is 3.00. The van der Waals surface area contributed by atoms with Crippen LogP contribution in [0.1, 0.15) is 5.56 Å². The van der Waals surface area contributed by atoms with Crippen molar-refractivity contribution in [1.29, 1.82) is 0 Å². The van der Waals surface area contributed by atoms with Crippen molar-refractivity contribution >= 4 is 34.7 Å². The Kier molecular flexibility index (Phi) is 4.20. The SMILES string of the molecule is Cc1cccc(NC(=O)CN2c3ccccc3Sc3ccccc32)c1. The number of hydrogen-bond acceptors (Lipinski definition) is 3. The smallest absolute Gasteiger partial charge is 0.244 e. The van der Waals surface area contributed by atoms with Gasteiger partial charge in [0, 0.05) is 15.5 Å². The first kappa shape index (κ1) is 15.8. The zero-order valence-electron chi connectivity index (χ0n) is 13.9. The second-order valence-electron chi connectivity index (χ2n) is 6.04. The van der Waals surface area contributed by atoms with Gasteiger partial charge < -0.3 is 10.2 Å². The van der Waals surface area contributed by atoms with Crippen molar-refractivity contribution in [1.82, 2.24) is 0 Å². The fraction of sp³-hybridized carbons (Fsp3) is 0.0952. The molecule has 4 rings (SSSR count). The first-order valence-electron chi connectivity index (χ1n) is 8.21. The minimum atomic E-state index is -0.0258. The van der Waals surface area contributed by atoms with Gasteiger partial charge in [-0.15, -0.1) is 0 Å². The fourth-order valence-corrected chi connectivity index (χ4v) is 4.11. The quantitative estimate of drug-likeness (QED) is 0.704. The molecular weight excluding hydrogens is 328 g/mol. The van der Waals surface area contributed by atoms with Gasteiger partial charge in [-0.05, 0) is 48.9 Å². The molecule has 124 valence electrons. The number of anilines is 3. The number of para-hydroxylation sites is 2. The van der Waals surface area contributed by atoms with E-state index in [1.54, 1.807) is 11.8 Å². The molecule has 0 fully saturated rings. The van der Waals surface area contributed by atoms with Crippen LogP contribution in [-0.4, -0.2) is 12.5 Å². The van der Waals surface area contributed by atoms with E-state index in [0.29, 0.717) is 0 Å². The van der Waals surface area contributed by atoms with E-state index >= 15 is 0 Å². The molecule has 0 aromatic heterocycles. The summed E-state index contributed by atoms with van der Waals surface area (Å²) >= 11 is 1.75. The third-order valence-electron chi connectivity index (χ3n) is 4.14.